The van der Waals surface area contributed by atoms with Crippen LogP contribution in [-0.2, 0) is 18.3 Å². The molecule has 1 heterocycles. The average Bonchev–Trinajstić information content (AvgIpc) is 3.12. The van der Waals surface area contributed by atoms with Crippen LogP contribution in [0, 0.1) is 6.92 Å². The van der Waals surface area contributed by atoms with Crippen molar-refractivity contribution < 1.29 is 37.3 Å². The molecule has 7 nitrogen and oxygen atoms in total. The molecule has 0 saturated carbocycles. The zero-order valence-corrected chi connectivity index (χ0v) is 19.8. The van der Waals surface area contributed by atoms with E-state index in [2.05, 4.69) is 9.84 Å². The number of ether oxygens (including phenoxy) is 3. The average molecular weight is 492 g/mol. The van der Waals surface area contributed by atoms with Crippen molar-refractivity contribution in [1.82, 2.24) is 9.78 Å². The summed E-state index contributed by atoms with van der Waals surface area (Å²) >= 11 is 0. The molecule has 2 aromatic carbocycles. The number of aromatic nitrogens is 2. The summed E-state index contributed by atoms with van der Waals surface area (Å²) < 4.78 is 54.0. The third-order valence-corrected chi connectivity index (χ3v) is 5.23. The molecule has 0 aliphatic rings. The third-order valence-electron chi connectivity index (χ3n) is 5.23. The second-order valence-corrected chi connectivity index (χ2v) is 8.51. The number of nitrogens with zero attached hydrogens (tertiary/aromatic N) is 2. The number of carbonyl (C=O) groups is 1. The summed E-state index contributed by atoms with van der Waals surface area (Å²) in [7, 11) is 1.81. The first-order valence-corrected chi connectivity index (χ1v) is 10.9. The summed E-state index contributed by atoms with van der Waals surface area (Å²) in [6.45, 7) is 5.24. The summed E-state index contributed by atoms with van der Waals surface area (Å²) in [5.74, 6) is -0.210. The predicted molar refractivity (Wildman–Crippen MR) is 123 cm³/mol. The van der Waals surface area contributed by atoms with Crippen LogP contribution in [0.25, 0.3) is 11.3 Å². The minimum atomic E-state index is -4.73. The number of rotatable bonds is 10. The Hall–Kier alpha value is -3.69. The van der Waals surface area contributed by atoms with Gasteiger partial charge in [-0.15, -0.1) is 13.2 Å². The molecular formula is C25H27F3N2O5. The van der Waals surface area contributed by atoms with Crippen LogP contribution in [0.1, 0.15) is 31.5 Å². The molecule has 0 aliphatic heterocycles. The number of hydrogen-bond acceptors (Lipinski definition) is 5. The van der Waals surface area contributed by atoms with Gasteiger partial charge in [0.15, 0.2) is 5.60 Å². The fraction of sp³-hybridized carbons (Fsp3) is 0.360. The van der Waals surface area contributed by atoms with E-state index in [0.29, 0.717) is 42.2 Å². The van der Waals surface area contributed by atoms with Gasteiger partial charge in [0.25, 0.3) is 0 Å². The summed E-state index contributed by atoms with van der Waals surface area (Å²) in [6, 6.07) is 12.7. The Bertz CT molecular complexity index is 1170. The van der Waals surface area contributed by atoms with E-state index in [1.807, 2.05) is 20.0 Å². The molecule has 0 bridgehead atoms. The molecule has 1 N–H and O–H groups in total. The molecule has 1 aromatic heterocycles. The van der Waals surface area contributed by atoms with Gasteiger partial charge in [0.05, 0.1) is 12.3 Å². The quantitative estimate of drug-likeness (QED) is 0.374. The minimum Gasteiger partial charge on any atom is -0.494 e. The Labute approximate surface area is 201 Å². The van der Waals surface area contributed by atoms with Crippen LogP contribution >= 0.6 is 0 Å². The van der Waals surface area contributed by atoms with E-state index in [0.717, 1.165) is 11.3 Å². The lowest BCUT2D eigenvalue weighted by atomic mass is 10.1. The second-order valence-electron chi connectivity index (χ2n) is 8.51. The van der Waals surface area contributed by atoms with E-state index in [9.17, 15) is 23.1 Å². The maximum Gasteiger partial charge on any atom is 0.573 e. The van der Waals surface area contributed by atoms with Crippen LogP contribution in [0.4, 0.5) is 13.2 Å². The van der Waals surface area contributed by atoms with Gasteiger partial charge in [0, 0.05) is 18.3 Å². The van der Waals surface area contributed by atoms with Gasteiger partial charge >= 0.3 is 12.3 Å². The van der Waals surface area contributed by atoms with Gasteiger partial charge in [-0.05, 0) is 87.7 Å². The highest BCUT2D eigenvalue weighted by Gasteiger charge is 2.31. The van der Waals surface area contributed by atoms with Crippen molar-refractivity contribution in [3.8, 4) is 28.5 Å². The molecule has 35 heavy (non-hydrogen) atoms. The summed E-state index contributed by atoms with van der Waals surface area (Å²) in [5.41, 5.74) is 1.71. The molecule has 0 saturated heterocycles. The molecule has 0 spiro atoms. The molecule has 3 rings (SSSR count). The first kappa shape index (κ1) is 25.9. The van der Waals surface area contributed by atoms with Crippen LogP contribution in [0.3, 0.4) is 0 Å². The van der Waals surface area contributed by atoms with Crippen molar-refractivity contribution in [1.29, 1.82) is 0 Å². The van der Waals surface area contributed by atoms with Gasteiger partial charge in [-0.3, -0.25) is 4.68 Å². The number of hydrogen-bond donors (Lipinski definition) is 1. The molecule has 0 aliphatic carbocycles. The lowest BCUT2D eigenvalue weighted by Gasteiger charge is -2.23. The van der Waals surface area contributed by atoms with Crippen molar-refractivity contribution in [3.63, 3.8) is 0 Å². The van der Waals surface area contributed by atoms with Crippen LogP contribution < -0.4 is 14.2 Å². The van der Waals surface area contributed by atoms with E-state index in [-0.39, 0.29) is 5.75 Å². The summed E-state index contributed by atoms with van der Waals surface area (Å²) in [6.07, 6.45) is -3.33. The van der Waals surface area contributed by atoms with Crippen molar-refractivity contribution in [2.24, 2.45) is 7.05 Å². The molecular weight excluding hydrogens is 465 g/mol. The summed E-state index contributed by atoms with van der Waals surface area (Å²) in [5, 5.41) is 13.7. The van der Waals surface area contributed by atoms with Crippen LogP contribution in [0.2, 0.25) is 0 Å². The number of carboxylic acids is 1. The Balaban J connectivity index is 1.53. The fourth-order valence-corrected chi connectivity index (χ4v) is 3.30. The van der Waals surface area contributed by atoms with Crippen molar-refractivity contribution in [3.05, 3.63) is 59.8 Å². The number of benzene rings is 2. The van der Waals surface area contributed by atoms with Crippen molar-refractivity contribution in [2.45, 2.75) is 45.6 Å². The topological polar surface area (TPSA) is 82.8 Å². The SMILES string of the molecule is Cc1cc(OCCCc2cc(-c3ccc(OC(F)(F)F)cc3)nn2C)ccc1OC(C)(C)C(=O)O. The van der Waals surface area contributed by atoms with Crippen LogP contribution in [-0.4, -0.2) is 39.4 Å². The predicted octanol–water partition coefficient (Wildman–Crippen LogP) is 5.55. The van der Waals surface area contributed by atoms with E-state index >= 15 is 0 Å². The minimum absolute atomic E-state index is 0.282. The first-order chi connectivity index (χ1) is 16.3. The van der Waals surface area contributed by atoms with E-state index < -0.39 is 17.9 Å². The van der Waals surface area contributed by atoms with Crippen molar-refractivity contribution >= 4 is 5.97 Å². The zero-order chi connectivity index (χ0) is 25.8. The Kier molecular flexibility index (Phi) is 7.62. The number of carboxylic acid groups (broad SMARTS) is 1. The molecule has 10 heteroatoms. The number of halogens is 3. The van der Waals surface area contributed by atoms with Crippen LogP contribution in [0.15, 0.2) is 48.5 Å². The highest BCUT2D eigenvalue weighted by molar-refractivity contribution is 5.76. The Morgan fingerprint density at radius 3 is 2.29 bits per heavy atom. The molecule has 0 radical (unpaired) electrons. The maximum absolute atomic E-state index is 12.3. The lowest BCUT2D eigenvalue weighted by molar-refractivity contribution is -0.274. The normalized spacial score (nSPS) is 11.9. The highest BCUT2D eigenvalue weighted by atomic mass is 19.4. The molecule has 0 atom stereocenters. The smallest absolute Gasteiger partial charge is 0.494 e. The van der Waals surface area contributed by atoms with Crippen LogP contribution in [0.5, 0.6) is 17.2 Å². The second kappa shape index (κ2) is 10.3. The Morgan fingerprint density at radius 2 is 1.69 bits per heavy atom. The largest absolute Gasteiger partial charge is 0.573 e. The van der Waals surface area contributed by atoms with E-state index in [4.69, 9.17) is 9.47 Å². The van der Waals surface area contributed by atoms with Crippen molar-refractivity contribution in [2.75, 3.05) is 6.61 Å². The number of alkyl halides is 3. The highest BCUT2D eigenvalue weighted by Crippen LogP contribution is 2.28. The molecule has 3 aromatic rings. The molecule has 0 amide bonds. The monoisotopic (exact) mass is 492 g/mol. The number of aliphatic carboxylic acids is 1. The molecule has 0 unspecified atom stereocenters. The van der Waals surface area contributed by atoms with Gasteiger partial charge in [-0.1, -0.05) is 0 Å². The Morgan fingerprint density at radius 1 is 1.03 bits per heavy atom. The van der Waals surface area contributed by atoms with E-state index in [1.165, 1.54) is 38.1 Å². The van der Waals surface area contributed by atoms with Gasteiger partial charge in [-0.25, -0.2) is 4.79 Å². The van der Waals surface area contributed by atoms with Gasteiger partial charge in [0.1, 0.15) is 17.2 Å². The molecule has 188 valence electrons. The zero-order valence-electron chi connectivity index (χ0n) is 19.8. The maximum atomic E-state index is 12.3. The van der Waals surface area contributed by atoms with Gasteiger partial charge in [-0.2, -0.15) is 5.10 Å². The lowest BCUT2D eigenvalue weighted by Crippen LogP contribution is -2.38. The fourth-order valence-electron chi connectivity index (χ4n) is 3.30. The number of aryl methyl sites for hydroxylation is 3. The van der Waals surface area contributed by atoms with Gasteiger partial charge in [0.2, 0.25) is 0 Å². The summed E-state index contributed by atoms with van der Waals surface area (Å²) in [4.78, 5) is 11.3. The van der Waals surface area contributed by atoms with E-state index in [1.54, 1.807) is 22.9 Å². The van der Waals surface area contributed by atoms with Gasteiger partial charge < -0.3 is 19.3 Å². The molecule has 0 fully saturated rings. The standard InChI is InChI=1S/C25H27F3N2O5/c1-16-14-20(11-12-22(16)35-24(2,3)23(31)32)33-13-5-6-18-15-21(29-30(18)4)17-7-9-19(10-8-17)34-25(26,27)28/h7-12,14-15H,5-6,13H2,1-4H3,(H,31,32). The first-order valence-electron chi connectivity index (χ1n) is 10.9. The third kappa shape index (κ3) is 7.14.